The van der Waals surface area contributed by atoms with Crippen LogP contribution in [0.2, 0.25) is 0 Å². The summed E-state index contributed by atoms with van der Waals surface area (Å²) in [7, 11) is 0. The van der Waals surface area contributed by atoms with Crippen molar-refractivity contribution in [2.24, 2.45) is 28.1 Å². The molecule has 0 aromatic rings. The molecule has 2 saturated carbocycles. The molecule has 7 atom stereocenters. The van der Waals surface area contributed by atoms with Gasteiger partial charge in [0.15, 0.2) is 0 Å². The first-order valence-corrected chi connectivity index (χ1v) is 9.44. The van der Waals surface area contributed by atoms with E-state index in [-0.39, 0.29) is 29.5 Å². The van der Waals surface area contributed by atoms with Crippen molar-refractivity contribution in [1.82, 2.24) is 0 Å². The van der Waals surface area contributed by atoms with Crippen molar-refractivity contribution < 1.29 is 20.4 Å². The number of fused-ring (bicyclic) bond motifs is 3. The Labute approximate surface area is 145 Å². The van der Waals surface area contributed by atoms with Crippen LogP contribution in [0.3, 0.4) is 0 Å². The molecule has 4 nitrogen and oxygen atoms in total. The molecule has 138 valence electrons. The van der Waals surface area contributed by atoms with Crippen molar-refractivity contribution in [3.63, 3.8) is 0 Å². The molecule has 3 aliphatic carbocycles. The minimum Gasteiger partial charge on any atom is -0.394 e. The molecule has 0 amide bonds. The smallest absolute Gasteiger partial charge is 0.0858 e. The van der Waals surface area contributed by atoms with E-state index < -0.39 is 17.6 Å². The van der Waals surface area contributed by atoms with E-state index in [1.165, 1.54) is 0 Å². The number of hydrogen-bond donors (Lipinski definition) is 4. The first-order chi connectivity index (χ1) is 11.1. The van der Waals surface area contributed by atoms with Crippen LogP contribution in [-0.2, 0) is 0 Å². The molecule has 24 heavy (non-hydrogen) atoms. The first-order valence-electron chi connectivity index (χ1n) is 9.44. The topological polar surface area (TPSA) is 80.9 Å². The van der Waals surface area contributed by atoms with Crippen molar-refractivity contribution in [2.75, 3.05) is 6.61 Å². The summed E-state index contributed by atoms with van der Waals surface area (Å²) in [5.74, 6) is 0.593. The third-order valence-corrected chi connectivity index (χ3v) is 7.95. The number of rotatable bonds is 2. The maximum Gasteiger partial charge on any atom is 0.0858 e. The minimum atomic E-state index is -0.784. The van der Waals surface area contributed by atoms with Crippen LogP contribution >= 0.6 is 0 Å². The molecule has 0 saturated heterocycles. The SMILES string of the molecule is CC1(C(O)CO)C=C2C(O)CC3C(C)(C)C(O)CCC3(C)C2CC1. The highest BCUT2D eigenvalue weighted by Crippen LogP contribution is 2.63. The van der Waals surface area contributed by atoms with E-state index in [4.69, 9.17) is 0 Å². The molecule has 2 fully saturated rings. The predicted octanol–water partition coefficient (Wildman–Crippen LogP) is 2.25. The fourth-order valence-corrected chi connectivity index (χ4v) is 6.11. The van der Waals surface area contributed by atoms with Gasteiger partial charge in [-0.25, -0.2) is 0 Å². The van der Waals surface area contributed by atoms with Gasteiger partial charge in [-0.15, -0.1) is 0 Å². The molecule has 0 spiro atoms. The van der Waals surface area contributed by atoms with Crippen LogP contribution in [0.25, 0.3) is 0 Å². The van der Waals surface area contributed by atoms with Crippen molar-refractivity contribution in [2.45, 2.75) is 78.1 Å². The second-order valence-corrected chi connectivity index (χ2v) is 9.63. The summed E-state index contributed by atoms with van der Waals surface area (Å²) in [6, 6.07) is 0. The van der Waals surface area contributed by atoms with Crippen LogP contribution in [0, 0.1) is 28.1 Å². The van der Waals surface area contributed by atoms with Crippen molar-refractivity contribution in [3.05, 3.63) is 11.6 Å². The average Bonchev–Trinajstić information content (AvgIpc) is 2.53. The summed E-state index contributed by atoms with van der Waals surface area (Å²) < 4.78 is 0. The van der Waals surface area contributed by atoms with E-state index in [1.54, 1.807) is 0 Å². The summed E-state index contributed by atoms with van der Waals surface area (Å²) in [6.45, 7) is 8.35. The maximum atomic E-state index is 10.9. The van der Waals surface area contributed by atoms with Gasteiger partial charge in [0.1, 0.15) is 0 Å². The van der Waals surface area contributed by atoms with Gasteiger partial charge in [0, 0.05) is 5.41 Å². The highest BCUT2D eigenvalue weighted by molar-refractivity contribution is 5.28. The van der Waals surface area contributed by atoms with E-state index in [0.717, 1.165) is 31.3 Å². The highest BCUT2D eigenvalue weighted by atomic mass is 16.3. The predicted molar refractivity (Wildman–Crippen MR) is 93.2 cm³/mol. The Balaban J connectivity index is 2.00. The van der Waals surface area contributed by atoms with Gasteiger partial charge in [0.05, 0.1) is 24.9 Å². The van der Waals surface area contributed by atoms with Gasteiger partial charge in [-0.05, 0) is 60.3 Å². The third kappa shape index (κ3) is 2.49. The number of aliphatic hydroxyl groups excluding tert-OH is 4. The zero-order valence-electron chi connectivity index (χ0n) is 15.5. The van der Waals surface area contributed by atoms with Crippen LogP contribution in [0.1, 0.15) is 59.8 Å². The molecule has 3 aliphatic rings. The second kappa shape index (κ2) is 5.80. The number of hydrogen-bond acceptors (Lipinski definition) is 4. The Morgan fingerprint density at radius 2 is 1.79 bits per heavy atom. The molecular formula is C20H34O4. The van der Waals surface area contributed by atoms with Gasteiger partial charge in [0.25, 0.3) is 0 Å². The fraction of sp³-hybridized carbons (Fsp3) is 0.900. The fourth-order valence-electron chi connectivity index (χ4n) is 6.11. The summed E-state index contributed by atoms with van der Waals surface area (Å²) in [4.78, 5) is 0. The monoisotopic (exact) mass is 338 g/mol. The van der Waals surface area contributed by atoms with Gasteiger partial charge in [0.2, 0.25) is 0 Å². The lowest BCUT2D eigenvalue weighted by atomic mass is 9.44. The minimum absolute atomic E-state index is 0.0826. The Kier molecular flexibility index (Phi) is 4.44. The summed E-state index contributed by atoms with van der Waals surface area (Å²) in [5, 5.41) is 41.0. The molecular weight excluding hydrogens is 304 g/mol. The molecule has 0 aliphatic heterocycles. The van der Waals surface area contributed by atoms with Crippen molar-refractivity contribution in [3.8, 4) is 0 Å². The molecule has 4 heteroatoms. The van der Waals surface area contributed by atoms with E-state index in [1.807, 2.05) is 6.92 Å². The van der Waals surface area contributed by atoms with Gasteiger partial charge >= 0.3 is 0 Å². The third-order valence-electron chi connectivity index (χ3n) is 7.95. The first kappa shape index (κ1) is 18.4. The Bertz CT molecular complexity index is 528. The molecule has 0 radical (unpaired) electrons. The molecule has 0 bridgehead atoms. The summed E-state index contributed by atoms with van der Waals surface area (Å²) in [5.41, 5.74) is 0.487. The van der Waals surface area contributed by atoms with Crippen LogP contribution in [0.15, 0.2) is 11.6 Å². The van der Waals surface area contributed by atoms with Gasteiger partial charge in [-0.2, -0.15) is 0 Å². The zero-order valence-corrected chi connectivity index (χ0v) is 15.5. The van der Waals surface area contributed by atoms with Crippen LogP contribution < -0.4 is 0 Å². The second-order valence-electron chi connectivity index (χ2n) is 9.63. The normalized spacial score (nSPS) is 48.9. The lowest BCUT2D eigenvalue weighted by Crippen LogP contribution is -2.58. The van der Waals surface area contributed by atoms with E-state index in [0.29, 0.717) is 12.3 Å². The van der Waals surface area contributed by atoms with Crippen molar-refractivity contribution in [1.29, 1.82) is 0 Å². The van der Waals surface area contributed by atoms with E-state index in [2.05, 4.69) is 26.8 Å². The highest BCUT2D eigenvalue weighted by Gasteiger charge is 2.59. The van der Waals surface area contributed by atoms with Crippen molar-refractivity contribution >= 4 is 0 Å². The quantitative estimate of drug-likeness (QED) is 0.582. The van der Waals surface area contributed by atoms with Crippen LogP contribution in [0.5, 0.6) is 0 Å². The number of aliphatic hydroxyl groups is 4. The molecule has 7 unspecified atom stereocenters. The van der Waals surface area contributed by atoms with Crippen LogP contribution in [-0.4, -0.2) is 45.3 Å². The average molecular weight is 338 g/mol. The largest absolute Gasteiger partial charge is 0.394 e. The maximum absolute atomic E-state index is 10.9. The van der Waals surface area contributed by atoms with Gasteiger partial charge < -0.3 is 20.4 Å². The summed E-state index contributed by atoms with van der Waals surface area (Å²) >= 11 is 0. The van der Waals surface area contributed by atoms with E-state index >= 15 is 0 Å². The molecule has 3 rings (SSSR count). The van der Waals surface area contributed by atoms with Crippen LogP contribution in [0.4, 0.5) is 0 Å². The Morgan fingerprint density at radius 3 is 2.42 bits per heavy atom. The zero-order chi connectivity index (χ0) is 17.9. The molecule has 0 aromatic heterocycles. The lowest BCUT2D eigenvalue weighted by Gasteiger charge is -2.62. The van der Waals surface area contributed by atoms with E-state index in [9.17, 15) is 20.4 Å². The molecule has 0 heterocycles. The summed E-state index contributed by atoms with van der Waals surface area (Å²) in [6.07, 6.45) is 4.68. The molecule has 0 aromatic carbocycles. The Hall–Kier alpha value is -0.420. The standard InChI is InChI=1S/C20H34O4/c1-18(2)15-9-14(22)12-10-19(3,17(24)11-21)7-5-13(12)20(15,4)8-6-16(18)23/h10,13-17,21-24H,5-9,11H2,1-4H3. The van der Waals surface area contributed by atoms with Gasteiger partial charge in [-0.1, -0.05) is 33.8 Å². The Morgan fingerprint density at radius 1 is 1.12 bits per heavy atom. The lowest BCUT2D eigenvalue weighted by molar-refractivity contribution is -0.145. The van der Waals surface area contributed by atoms with Gasteiger partial charge in [-0.3, -0.25) is 0 Å². The molecule has 4 N–H and O–H groups in total.